The van der Waals surface area contributed by atoms with Gasteiger partial charge >= 0.3 is 5.97 Å². The summed E-state index contributed by atoms with van der Waals surface area (Å²) in [4.78, 5) is 13.0. The Bertz CT molecular complexity index is 588. The number of carboxylic acids is 1. The monoisotopic (exact) mass is 488 g/mol. The van der Waals surface area contributed by atoms with E-state index in [1.165, 1.54) is 141 Å². The highest BCUT2D eigenvalue weighted by Gasteiger charge is 2.59. The third kappa shape index (κ3) is 7.07. The minimum absolute atomic E-state index is 0.0618. The number of unbranched alkanes of at least 4 members (excludes halogenated alkanes) is 8. The van der Waals surface area contributed by atoms with Crippen LogP contribution in [0.25, 0.3) is 0 Å². The molecule has 3 aliphatic carbocycles. The maximum absolute atomic E-state index is 13.0. The van der Waals surface area contributed by atoms with Crippen LogP contribution in [-0.4, -0.2) is 11.1 Å². The second-order valence-electron chi connectivity index (χ2n) is 13.3. The minimum Gasteiger partial charge on any atom is -0.481 e. The van der Waals surface area contributed by atoms with Gasteiger partial charge in [-0.2, -0.15) is 0 Å². The molecule has 35 heavy (non-hydrogen) atoms. The van der Waals surface area contributed by atoms with Gasteiger partial charge in [0.2, 0.25) is 0 Å². The van der Waals surface area contributed by atoms with Crippen molar-refractivity contribution < 1.29 is 9.90 Å². The van der Waals surface area contributed by atoms with Crippen LogP contribution in [0.15, 0.2) is 0 Å². The van der Waals surface area contributed by atoms with E-state index in [0.717, 1.165) is 31.6 Å². The van der Waals surface area contributed by atoms with Gasteiger partial charge in [0, 0.05) is 0 Å². The van der Waals surface area contributed by atoms with Crippen molar-refractivity contribution in [1.29, 1.82) is 0 Å². The number of hydrogen-bond donors (Lipinski definition) is 1. The smallest absolute Gasteiger partial charge is 0.310 e. The first-order valence-electron chi connectivity index (χ1n) is 16.3. The third-order valence-electron chi connectivity index (χ3n) is 11.3. The molecule has 0 bridgehead atoms. The summed E-state index contributed by atoms with van der Waals surface area (Å²) >= 11 is 0. The zero-order chi connectivity index (χ0) is 25.0. The van der Waals surface area contributed by atoms with Crippen molar-refractivity contribution in [2.24, 2.45) is 22.2 Å². The van der Waals surface area contributed by atoms with Crippen molar-refractivity contribution in [2.45, 2.75) is 181 Å². The van der Waals surface area contributed by atoms with Gasteiger partial charge in [-0.15, -0.1) is 0 Å². The zero-order valence-corrected chi connectivity index (χ0v) is 23.8. The molecule has 0 unspecified atom stereocenters. The summed E-state index contributed by atoms with van der Waals surface area (Å²) in [6, 6.07) is 0. The van der Waals surface area contributed by atoms with E-state index in [2.05, 4.69) is 13.8 Å². The number of hydrogen-bond acceptors (Lipinski definition) is 1. The van der Waals surface area contributed by atoms with Gasteiger partial charge in [0.05, 0.1) is 5.41 Å². The van der Waals surface area contributed by atoms with Gasteiger partial charge in [-0.3, -0.25) is 4.79 Å². The molecule has 3 saturated carbocycles. The van der Waals surface area contributed by atoms with Crippen LogP contribution < -0.4 is 0 Å². The summed E-state index contributed by atoms with van der Waals surface area (Å²) in [5, 5.41) is 10.7. The Kier molecular flexibility index (Phi) is 12.0. The second kappa shape index (κ2) is 14.4. The summed E-state index contributed by atoms with van der Waals surface area (Å²) in [6.07, 6.45) is 33.8. The van der Waals surface area contributed by atoms with Gasteiger partial charge in [0.1, 0.15) is 0 Å². The summed E-state index contributed by atoms with van der Waals surface area (Å²) in [6.45, 7) is 4.60. The lowest BCUT2D eigenvalue weighted by Crippen LogP contribution is -2.53. The molecule has 0 aromatic rings. The standard InChI is InChI=1S/C33H60O2/c1-3-5-7-9-10-15-21-31(29-19-13-11-14-20-29)25-27-32(28-26-31,22-16-8-6-4-2)33(30(34)35)23-17-12-18-24-33/h29H,3-28H2,1-2H3,(H,34,35). The molecule has 3 aliphatic rings. The Morgan fingerprint density at radius 3 is 1.74 bits per heavy atom. The Morgan fingerprint density at radius 2 is 1.14 bits per heavy atom. The average Bonchev–Trinajstić information content (AvgIpc) is 2.90. The molecule has 0 saturated heterocycles. The number of rotatable bonds is 15. The van der Waals surface area contributed by atoms with Crippen LogP contribution in [0.3, 0.4) is 0 Å². The summed E-state index contributed by atoms with van der Waals surface area (Å²) < 4.78 is 0. The Morgan fingerprint density at radius 1 is 0.629 bits per heavy atom. The first-order chi connectivity index (χ1) is 17.0. The Hall–Kier alpha value is -0.530. The van der Waals surface area contributed by atoms with E-state index in [0.29, 0.717) is 5.41 Å². The highest BCUT2D eigenvalue weighted by Crippen LogP contribution is 2.64. The summed E-state index contributed by atoms with van der Waals surface area (Å²) in [7, 11) is 0. The lowest BCUT2D eigenvalue weighted by molar-refractivity contribution is -0.171. The molecular formula is C33H60O2. The van der Waals surface area contributed by atoms with E-state index >= 15 is 0 Å². The van der Waals surface area contributed by atoms with Crippen LogP contribution >= 0.6 is 0 Å². The highest BCUT2D eigenvalue weighted by atomic mass is 16.4. The van der Waals surface area contributed by atoms with E-state index in [1.807, 2.05) is 0 Å². The fourth-order valence-electron chi connectivity index (χ4n) is 9.05. The predicted molar refractivity (Wildman–Crippen MR) is 150 cm³/mol. The van der Waals surface area contributed by atoms with Crippen LogP contribution in [-0.2, 0) is 4.79 Å². The molecule has 0 aliphatic heterocycles. The SMILES string of the molecule is CCCCCCCCC1(C2CCCCC2)CCC(CCCCCC)(C2(C(=O)O)CCCCC2)CC1. The largest absolute Gasteiger partial charge is 0.481 e. The molecule has 0 radical (unpaired) electrons. The molecule has 0 atom stereocenters. The van der Waals surface area contributed by atoms with Crippen molar-refractivity contribution in [3.8, 4) is 0 Å². The molecule has 2 nitrogen and oxygen atoms in total. The van der Waals surface area contributed by atoms with Gasteiger partial charge in [-0.1, -0.05) is 117 Å². The van der Waals surface area contributed by atoms with Gasteiger partial charge in [-0.05, 0) is 81.0 Å². The fraction of sp³-hybridized carbons (Fsp3) is 0.970. The minimum atomic E-state index is -0.436. The average molecular weight is 489 g/mol. The lowest BCUT2D eigenvalue weighted by Gasteiger charge is -2.58. The van der Waals surface area contributed by atoms with E-state index < -0.39 is 11.4 Å². The van der Waals surface area contributed by atoms with Gasteiger partial charge in [-0.25, -0.2) is 0 Å². The molecule has 0 amide bonds. The molecule has 0 aromatic carbocycles. The molecule has 2 heteroatoms. The normalized spacial score (nSPS) is 29.8. The molecule has 204 valence electrons. The molecule has 0 heterocycles. The van der Waals surface area contributed by atoms with Crippen molar-refractivity contribution in [1.82, 2.24) is 0 Å². The van der Waals surface area contributed by atoms with Gasteiger partial charge < -0.3 is 5.11 Å². The fourth-order valence-corrected chi connectivity index (χ4v) is 9.05. The van der Waals surface area contributed by atoms with Crippen molar-refractivity contribution in [2.75, 3.05) is 0 Å². The van der Waals surface area contributed by atoms with Crippen molar-refractivity contribution in [3.05, 3.63) is 0 Å². The van der Waals surface area contributed by atoms with E-state index in [1.54, 1.807) is 0 Å². The number of carboxylic acid groups (broad SMARTS) is 1. The number of carbonyl (C=O) groups is 1. The van der Waals surface area contributed by atoms with Crippen molar-refractivity contribution >= 4 is 5.97 Å². The maximum Gasteiger partial charge on any atom is 0.310 e. The molecular weight excluding hydrogens is 428 g/mol. The van der Waals surface area contributed by atoms with E-state index in [4.69, 9.17) is 0 Å². The summed E-state index contributed by atoms with van der Waals surface area (Å²) in [5.41, 5.74) is 0.148. The van der Waals surface area contributed by atoms with Gasteiger partial charge in [0.15, 0.2) is 0 Å². The lowest BCUT2D eigenvalue weighted by atomic mass is 9.46. The zero-order valence-electron chi connectivity index (χ0n) is 23.8. The van der Waals surface area contributed by atoms with Crippen LogP contribution in [0, 0.1) is 22.2 Å². The van der Waals surface area contributed by atoms with Gasteiger partial charge in [0.25, 0.3) is 0 Å². The maximum atomic E-state index is 13.0. The molecule has 0 aromatic heterocycles. The van der Waals surface area contributed by atoms with E-state index in [-0.39, 0.29) is 5.41 Å². The molecule has 1 N–H and O–H groups in total. The van der Waals surface area contributed by atoms with E-state index in [9.17, 15) is 9.90 Å². The second-order valence-corrected chi connectivity index (χ2v) is 13.3. The molecule has 3 rings (SSSR count). The highest BCUT2D eigenvalue weighted by molar-refractivity contribution is 5.76. The quantitative estimate of drug-likeness (QED) is 0.233. The summed E-state index contributed by atoms with van der Waals surface area (Å²) in [5.74, 6) is 0.478. The predicted octanol–water partition coefficient (Wildman–Crippen LogP) is 10.9. The van der Waals surface area contributed by atoms with Crippen LogP contribution in [0.5, 0.6) is 0 Å². The first kappa shape index (κ1) is 29.0. The van der Waals surface area contributed by atoms with Crippen LogP contribution in [0.1, 0.15) is 181 Å². The topological polar surface area (TPSA) is 37.3 Å². The van der Waals surface area contributed by atoms with Crippen LogP contribution in [0.2, 0.25) is 0 Å². The Balaban J connectivity index is 1.76. The molecule has 0 spiro atoms. The number of aliphatic carboxylic acids is 1. The Labute approximate surface area is 218 Å². The van der Waals surface area contributed by atoms with Crippen LogP contribution in [0.4, 0.5) is 0 Å². The third-order valence-corrected chi connectivity index (χ3v) is 11.3. The van der Waals surface area contributed by atoms with Crippen molar-refractivity contribution in [3.63, 3.8) is 0 Å². The molecule has 3 fully saturated rings. The first-order valence-corrected chi connectivity index (χ1v) is 16.3.